The highest BCUT2D eigenvalue weighted by Crippen LogP contribution is 2.38. The van der Waals surface area contributed by atoms with Gasteiger partial charge in [-0.2, -0.15) is 0 Å². The molecule has 3 aromatic rings. The van der Waals surface area contributed by atoms with Crippen molar-refractivity contribution in [1.29, 1.82) is 0 Å². The first-order valence-electron chi connectivity index (χ1n) is 12.7. The Morgan fingerprint density at radius 1 is 0.971 bits per heavy atom. The fourth-order valence-corrected chi connectivity index (χ4v) is 5.74. The van der Waals surface area contributed by atoms with Crippen LogP contribution >= 0.6 is 0 Å². The van der Waals surface area contributed by atoms with Gasteiger partial charge in [0.25, 0.3) is 5.91 Å². The molecule has 1 saturated carbocycles. The summed E-state index contributed by atoms with van der Waals surface area (Å²) in [6, 6.07) is 16.2. The highest BCUT2D eigenvalue weighted by atomic mass is 16.2. The standard InChI is InChI=1S/C29H35N3O2/c1-20-12-11-17-24(21(20)2)32-27(33)26-18-22-13-9-10-16-25(22)31(26)19-29(32,3)28(34)30-23-14-7-5-4-6-8-15-23/h9-13,16-18,23H,4-8,14-15,19H2,1-3H3,(H,30,34). The Bertz CT molecular complexity index is 1240. The Morgan fingerprint density at radius 2 is 1.68 bits per heavy atom. The lowest BCUT2D eigenvalue weighted by Gasteiger charge is -2.45. The summed E-state index contributed by atoms with van der Waals surface area (Å²) in [7, 11) is 0. The molecule has 5 heteroatoms. The predicted octanol–water partition coefficient (Wildman–Crippen LogP) is 5.91. The summed E-state index contributed by atoms with van der Waals surface area (Å²) in [6.07, 6.45) is 8.07. The van der Waals surface area contributed by atoms with Crippen molar-refractivity contribution in [1.82, 2.24) is 9.88 Å². The van der Waals surface area contributed by atoms with Crippen molar-refractivity contribution in [2.75, 3.05) is 4.90 Å². The second-order valence-corrected chi connectivity index (χ2v) is 10.3. The second-order valence-electron chi connectivity index (χ2n) is 10.3. The SMILES string of the molecule is Cc1cccc(N2C(=O)c3cc4ccccc4n3CC2(C)C(=O)NC2CCCCCCC2)c1C. The third-order valence-electron chi connectivity index (χ3n) is 7.94. The molecule has 2 aliphatic rings. The number of amides is 2. The van der Waals surface area contributed by atoms with Crippen LogP contribution in [0.1, 0.15) is 73.5 Å². The molecule has 0 spiro atoms. The first-order valence-corrected chi connectivity index (χ1v) is 12.7. The van der Waals surface area contributed by atoms with Crippen LogP contribution in [0.2, 0.25) is 0 Å². The van der Waals surface area contributed by atoms with Gasteiger partial charge in [-0.3, -0.25) is 14.5 Å². The predicted molar refractivity (Wildman–Crippen MR) is 137 cm³/mol. The Labute approximate surface area is 202 Å². The maximum atomic E-state index is 14.1. The average molecular weight is 458 g/mol. The van der Waals surface area contributed by atoms with Gasteiger partial charge >= 0.3 is 0 Å². The first-order chi connectivity index (χ1) is 16.4. The summed E-state index contributed by atoms with van der Waals surface area (Å²) in [4.78, 5) is 29.9. The van der Waals surface area contributed by atoms with Crippen molar-refractivity contribution >= 4 is 28.4 Å². The van der Waals surface area contributed by atoms with Crippen LogP contribution in [0.25, 0.3) is 10.9 Å². The Morgan fingerprint density at radius 3 is 2.44 bits per heavy atom. The minimum Gasteiger partial charge on any atom is -0.351 e. The van der Waals surface area contributed by atoms with E-state index in [1.165, 1.54) is 19.3 Å². The number of rotatable bonds is 3. The summed E-state index contributed by atoms with van der Waals surface area (Å²) in [5.74, 6) is -0.178. The van der Waals surface area contributed by atoms with E-state index in [9.17, 15) is 9.59 Å². The lowest BCUT2D eigenvalue weighted by Crippen LogP contribution is -2.65. The highest BCUT2D eigenvalue weighted by Gasteiger charge is 2.49. The van der Waals surface area contributed by atoms with E-state index in [0.29, 0.717) is 12.2 Å². The molecule has 0 saturated heterocycles. The third kappa shape index (κ3) is 3.81. The molecule has 5 rings (SSSR count). The van der Waals surface area contributed by atoms with E-state index in [1.807, 2.05) is 60.9 Å². The number of fused-ring (bicyclic) bond motifs is 3. The van der Waals surface area contributed by atoms with Crippen LogP contribution in [0.5, 0.6) is 0 Å². The van der Waals surface area contributed by atoms with Gasteiger partial charge in [-0.25, -0.2) is 0 Å². The van der Waals surface area contributed by atoms with Crippen molar-refractivity contribution in [3.8, 4) is 0 Å². The molecule has 34 heavy (non-hydrogen) atoms. The zero-order valence-electron chi connectivity index (χ0n) is 20.6. The lowest BCUT2D eigenvalue weighted by atomic mass is 9.90. The number of carbonyl (C=O) groups excluding carboxylic acids is 2. The number of aryl methyl sites for hydroxylation is 1. The van der Waals surface area contributed by atoms with Crippen molar-refractivity contribution in [2.24, 2.45) is 0 Å². The van der Waals surface area contributed by atoms with Crippen LogP contribution in [0.15, 0.2) is 48.5 Å². The largest absolute Gasteiger partial charge is 0.351 e. The quantitative estimate of drug-likeness (QED) is 0.532. The number of hydrogen-bond acceptors (Lipinski definition) is 2. The molecular formula is C29H35N3O2. The molecule has 5 nitrogen and oxygen atoms in total. The zero-order chi connectivity index (χ0) is 23.9. The van der Waals surface area contributed by atoms with Crippen molar-refractivity contribution in [3.63, 3.8) is 0 Å². The average Bonchev–Trinajstić information content (AvgIpc) is 3.17. The molecule has 1 aliphatic heterocycles. The number of para-hydroxylation sites is 1. The van der Waals surface area contributed by atoms with E-state index < -0.39 is 5.54 Å². The monoisotopic (exact) mass is 457 g/mol. The van der Waals surface area contributed by atoms with Crippen LogP contribution < -0.4 is 10.2 Å². The maximum absolute atomic E-state index is 14.1. The van der Waals surface area contributed by atoms with E-state index >= 15 is 0 Å². The van der Waals surface area contributed by atoms with Gasteiger partial charge in [-0.15, -0.1) is 0 Å². The molecule has 1 aliphatic carbocycles. The molecular weight excluding hydrogens is 422 g/mol. The number of carbonyl (C=O) groups is 2. The Balaban J connectivity index is 1.60. The van der Waals surface area contributed by atoms with Crippen molar-refractivity contribution in [2.45, 2.75) is 83.8 Å². The van der Waals surface area contributed by atoms with Gasteiger partial charge in [-0.1, -0.05) is 62.4 Å². The van der Waals surface area contributed by atoms with Crippen LogP contribution in [0.4, 0.5) is 5.69 Å². The number of nitrogens with one attached hydrogen (secondary N) is 1. The van der Waals surface area contributed by atoms with Gasteiger partial charge in [0, 0.05) is 22.6 Å². The van der Waals surface area contributed by atoms with E-state index in [-0.39, 0.29) is 17.9 Å². The fraction of sp³-hybridized carbons (Fsp3) is 0.448. The number of nitrogens with zero attached hydrogens (tertiary/aromatic N) is 2. The molecule has 1 unspecified atom stereocenters. The van der Waals surface area contributed by atoms with Crippen LogP contribution in [0.3, 0.4) is 0 Å². The lowest BCUT2D eigenvalue weighted by molar-refractivity contribution is -0.127. The number of hydrogen-bond donors (Lipinski definition) is 1. The topological polar surface area (TPSA) is 54.3 Å². The van der Waals surface area contributed by atoms with Crippen molar-refractivity contribution < 1.29 is 9.59 Å². The molecule has 2 heterocycles. The molecule has 0 radical (unpaired) electrons. The molecule has 1 aromatic heterocycles. The Kier molecular flexibility index (Phi) is 5.97. The molecule has 178 valence electrons. The summed E-state index contributed by atoms with van der Waals surface area (Å²) in [5.41, 5.74) is 3.56. The van der Waals surface area contributed by atoms with Gasteiger partial charge < -0.3 is 9.88 Å². The van der Waals surface area contributed by atoms with E-state index in [0.717, 1.165) is 53.4 Å². The molecule has 1 atom stereocenters. The van der Waals surface area contributed by atoms with Gasteiger partial charge in [0.15, 0.2) is 0 Å². The van der Waals surface area contributed by atoms with Gasteiger partial charge in [0.1, 0.15) is 11.2 Å². The maximum Gasteiger partial charge on any atom is 0.275 e. The number of aromatic nitrogens is 1. The smallest absolute Gasteiger partial charge is 0.275 e. The molecule has 2 amide bonds. The minimum atomic E-state index is -1.03. The minimum absolute atomic E-state index is 0.0595. The van der Waals surface area contributed by atoms with Gasteiger partial charge in [-0.05, 0) is 62.9 Å². The van der Waals surface area contributed by atoms with Gasteiger partial charge in [0.2, 0.25) is 5.91 Å². The van der Waals surface area contributed by atoms with Gasteiger partial charge in [0.05, 0.1) is 6.54 Å². The number of benzene rings is 2. The molecule has 0 bridgehead atoms. The molecule has 1 N–H and O–H groups in total. The number of anilines is 1. The second kappa shape index (κ2) is 8.94. The van der Waals surface area contributed by atoms with E-state index in [4.69, 9.17) is 0 Å². The highest BCUT2D eigenvalue weighted by molar-refractivity contribution is 6.14. The summed E-state index contributed by atoms with van der Waals surface area (Å²) in [6.45, 7) is 6.45. The van der Waals surface area contributed by atoms with Crippen LogP contribution in [0, 0.1) is 13.8 Å². The molecule has 1 fully saturated rings. The fourth-order valence-electron chi connectivity index (χ4n) is 5.74. The van der Waals surface area contributed by atoms with Crippen LogP contribution in [-0.4, -0.2) is 28.0 Å². The zero-order valence-corrected chi connectivity index (χ0v) is 20.6. The summed E-state index contributed by atoms with van der Waals surface area (Å²) in [5, 5.41) is 4.40. The van der Waals surface area contributed by atoms with Crippen molar-refractivity contribution in [3.05, 3.63) is 65.4 Å². The first kappa shape index (κ1) is 22.7. The third-order valence-corrected chi connectivity index (χ3v) is 7.94. The Hall–Kier alpha value is -3.08. The molecule has 2 aromatic carbocycles. The van der Waals surface area contributed by atoms with E-state index in [2.05, 4.69) is 18.3 Å². The summed E-state index contributed by atoms with van der Waals surface area (Å²) >= 11 is 0. The summed E-state index contributed by atoms with van der Waals surface area (Å²) < 4.78 is 2.04. The van der Waals surface area contributed by atoms with Crippen LogP contribution in [-0.2, 0) is 11.3 Å². The normalized spacial score (nSPS) is 21.7. The van der Waals surface area contributed by atoms with E-state index in [1.54, 1.807) is 4.90 Å².